The van der Waals surface area contributed by atoms with Crippen molar-refractivity contribution in [1.82, 2.24) is 9.62 Å². The molecule has 1 N–H and O–H groups in total. The lowest BCUT2D eigenvalue weighted by molar-refractivity contribution is -0.121. The van der Waals surface area contributed by atoms with Gasteiger partial charge in [-0.15, -0.1) is 0 Å². The Kier molecular flexibility index (Phi) is 9.37. The van der Waals surface area contributed by atoms with Gasteiger partial charge >= 0.3 is 0 Å². The number of benzene rings is 2. The fraction of sp³-hybridized carbons (Fsp3) is 0.480. The molecule has 0 spiro atoms. The van der Waals surface area contributed by atoms with Crippen LogP contribution in [0, 0.1) is 0 Å². The maximum absolute atomic E-state index is 12.7. The van der Waals surface area contributed by atoms with Gasteiger partial charge in [-0.25, -0.2) is 16.8 Å². The van der Waals surface area contributed by atoms with Crippen molar-refractivity contribution in [3.8, 4) is 5.75 Å². The molecule has 9 nitrogen and oxygen atoms in total. The molecule has 1 heterocycles. The van der Waals surface area contributed by atoms with Crippen molar-refractivity contribution in [1.29, 1.82) is 0 Å². The predicted octanol–water partition coefficient (Wildman–Crippen LogP) is 2.77. The molecule has 0 aliphatic carbocycles. The van der Waals surface area contributed by atoms with E-state index in [0.29, 0.717) is 24.5 Å². The van der Waals surface area contributed by atoms with Gasteiger partial charge in [0.25, 0.3) is 0 Å². The van der Waals surface area contributed by atoms with Gasteiger partial charge in [0, 0.05) is 13.1 Å². The molecule has 1 aliphatic heterocycles. The summed E-state index contributed by atoms with van der Waals surface area (Å²) in [5, 5.41) is 2.70. The van der Waals surface area contributed by atoms with Crippen LogP contribution in [0.3, 0.4) is 0 Å². The summed E-state index contributed by atoms with van der Waals surface area (Å²) in [7, 11) is -7.20. The highest BCUT2D eigenvalue weighted by molar-refractivity contribution is 7.92. The molecule has 1 amide bonds. The maximum Gasteiger partial charge on any atom is 0.243 e. The van der Waals surface area contributed by atoms with E-state index in [4.69, 9.17) is 4.74 Å². The molecule has 2 aromatic carbocycles. The molecule has 1 atom stereocenters. The minimum absolute atomic E-state index is 0.140. The average molecular weight is 538 g/mol. The summed E-state index contributed by atoms with van der Waals surface area (Å²) in [6.07, 6.45) is 4.69. The fourth-order valence-electron chi connectivity index (χ4n) is 4.14. The highest BCUT2D eigenvalue weighted by Gasteiger charge is 2.29. The first kappa shape index (κ1) is 27.9. The molecular weight excluding hydrogens is 502 g/mol. The molecule has 1 saturated heterocycles. The van der Waals surface area contributed by atoms with Gasteiger partial charge in [-0.3, -0.25) is 9.10 Å². The topological polar surface area (TPSA) is 113 Å². The van der Waals surface area contributed by atoms with Crippen LogP contribution in [0.15, 0.2) is 53.4 Å². The number of aryl methyl sites for hydroxylation is 1. The molecular formula is C25H35N3O6S2. The molecule has 36 heavy (non-hydrogen) atoms. The molecule has 0 bridgehead atoms. The van der Waals surface area contributed by atoms with Crippen LogP contribution < -0.4 is 14.4 Å². The van der Waals surface area contributed by atoms with Crippen LogP contribution in [0.2, 0.25) is 0 Å². The summed E-state index contributed by atoms with van der Waals surface area (Å²) in [6.45, 7) is 4.92. The molecule has 1 unspecified atom stereocenters. The highest BCUT2D eigenvalue weighted by atomic mass is 32.2. The number of sulfonamides is 2. The zero-order valence-corrected chi connectivity index (χ0v) is 22.6. The third kappa shape index (κ3) is 6.98. The van der Waals surface area contributed by atoms with Crippen molar-refractivity contribution in [3.05, 3.63) is 54.1 Å². The number of piperidine rings is 1. The quantitative estimate of drug-likeness (QED) is 0.441. The molecule has 0 radical (unpaired) electrons. The molecule has 11 heteroatoms. The molecule has 0 aromatic heterocycles. The Bertz CT molecular complexity index is 1220. The minimum Gasteiger partial charge on any atom is -0.492 e. The summed E-state index contributed by atoms with van der Waals surface area (Å²) >= 11 is 0. The summed E-state index contributed by atoms with van der Waals surface area (Å²) in [4.78, 5) is 12.9. The lowest BCUT2D eigenvalue weighted by atomic mass is 10.1. The standard InChI is InChI=1S/C25H35N3O6S2/c1-4-21-8-10-22(11-9-21)28(35(3,30)31)20(2)25(29)26-16-19-34-23-12-14-24(15-13-23)36(32,33)27-17-6-5-7-18-27/h8-15,20H,4-7,16-19H2,1-3H3,(H,26,29). The van der Waals surface area contributed by atoms with E-state index < -0.39 is 32.0 Å². The summed E-state index contributed by atoms with van der Waals surface area (Å²) in [6, 6.07) is 12.3. The van der Waals surface area contributed by atoms with Crippen LogP contribution in [0.4, 0.5) is 5.69 Å². The van der Waals surface area contributed by atoms with Crippen LogP contribution in [0.25, 0.3) is 0 Å². The second-order valence-corrected chi connectivity index (χ2v) is 12.6. The Morgan fingerprint density at radius 3 is 2.17 bits per heavy atom. The van der Waals surface area contributed by atoms with Crippen LogP contribution in [0.1, 0.15) is 38.7 Å². The van der Waals surface area contributed by atoms with E-state index in [1.165, 1.54) is 23.4 Å². The number of carbonyl (C=O) groups is 1. The first-order valence-corrected chi connectivity index (χ1v) is 15.4. The third-order valence-corrected chi connectivity index (χ3v) is 9.29. The van der Waals surface area contributed by atoms with Gasteiger partial charge in [-0.1, -0.05) is 25.5 Å². The van der Waals surface area contributed by atoms with E-state index in [1.54, 1.807) is 24.3 Å². The Balaban J connectivity index is 1.53. The van der Waals surface area contributed by atoms with Gasteiger partial charge in [-0.2, -0.15) is 4.31 Å². The lowest BCUT2D eigenvalue weighted by Gasteiger charge is -2.28. The van der Waals surface area contributed by atoms with E-state index in [1.807, 2.05) is 19.1 Å². The van der Waals surface area contributed by atoms with Gasteiger partial charge in [0.1, 0.15) is 18.4 Å². The zero-order valence-electron chi connectivity index (χ0n) is 21.0. The van der Waals surface area contributed by atoms with Crippen molar-refractivity contribution in [2.75, 3.05) is 36.8 Å². The van der Waals surface area contributed by atoms with Gasteiger partial charge in [0.2, 0.25) is 26.0 Å². The van der Waals surface area contributed by atoms with Crippen molar-refractivity contribution in [3.63, 3.8) is 0 Å². The number of nitrogens with one attached hydrogen (secondary N) is 1. The molecule has 3 rings (SSSR count). The lowest BCUT2D eigenvalue weighted by Crippen LogP contribution is -2.48. The van der Waals surface area contributed by atoms with Crippen LogP contribution in [0.5, 0.6) is 5.75 Å². The Labute approximate surface area is 214 Å². The monoisotopic (exact) mass is 537 g/mol. The number of amides is 1. The first-order chi connectivity index (χ1) is 17.0. The molecule has 0 saturated carbocycles. The number of hydrogen-bond donors (Lipinski definition) is 1. The fourth-order valence-corrected chi connectivity index (χ4v) is 6.83. The van der Waals surface area contributed by atoms with E-state index in [0.717, 1.165) is 41.8 Å². The van der Waals surface area contributed by atoms with Crippen LogP contribution in [-0.2, 0) is 31.3 Å². The number of rotatable bonds is 11. The van der Waals surface area contributed by atoms with Crippen molar-refractivity contribution in [2.45, 2.75) is 50.5 Å². The Morgan fingerprint density at radius 2 is 1.61 bits per heavy atom. The smallest absolute Gasteiger partial charge is 0.243 e. The third-order valence-electron chi connectivity index (χ3n) is 6.13. The first-order valence-electron chi connectivity index (χ1n) is 12.1. The van der Waals surface area contributed by atoms with Gasteiger partial charge < -0.3 is 10.1 Å². The summed E-state index contributed by atoms with van der Waals surface area (Å²) in [5.41, 5.74) is 1.49. The number of ether oxygens (including phenoxy) is 1. The summed E-state index contributed by atoms with van der Waals surface area (Å²) in [5.74, 6) is 0.0234. The van der Waals surface area contributed by atoms with Crippen LogP contribution >= 0.6 is 0 Å². The molecule has 198 valence electrons. The largest absolute Gasteiger partial charge is 0.492 e. The predicted molar refractivity (Wildman–Crippen MR) is 140 cm³/mol. The van der Waals surface area contributed by atoms with Gasteiger partial charge in [0.05, 0.1) is 23.4 Å². The Morgan fingerprint density at radius 1 is 1.00 bits per heavy atom. The SMILES string of the molecule is CCc1ccc(N(C(C)C(=O)NCCOc2ccc(S(=O)(=O)N3CCCCC3)cc2)S(C)(=O)=O)cc1. The van der Waals surface area contributed by atoms with Gasteiger partial charge in [-0.05, 0) is 68.1 Å². The minimum atomic E-state index is -3.69. The van der Waals surface area contributed by atoms with Crippen molar-refractivity contribution < 1.29 is 26.4 Å². The van der Waals surface area contributed by atoms with Crippen LogP contribution in [-0.4, -0.2) is 65.6 Å². The highest BCUT2D eigenvalue weighted by Crippen LogP contribution is 2.23. The average Bonchev–Trinajstić information content (AvgIpc) is 2.87. The number of carbonyl (C=O) groups excluding carboxylic acids is 1. The second-order valence-electron chi connectivity index (χ2n) is 8.83. The number of nitrogens with zero attached hydrogens (tertiary/aromatic N) is 2. The Hall–Kier alpha value is -2.63. The van der Waals surface area contributed by atoms with E-state index in [2.05, 4.69) is 5.32 Å². The number of anilines is 1. The van der Waals surface area contributed by atoms with E-state index >= 15 is 0 Å². The van der Waals surface area contributed by atoms with Crippen molar-refractivity contribution in [2.24, 2.45) is 0 Å². The normalized spacial score (nSPS) is 15.8. The molecule has 2 aromatic rings. The zero-order chi connectivity index (χ0) is 26.3. The van der Waals surface area contributed by atoms with Gasteiger partial charge in [0.15, 0.2) is 0 Å². The number of hydrogen-bond acceptors (Lipinski definition) is 6. The van der Waals surface area contributed by atoms with Crippen molar-refractivity contribution >= 4 is 31.6 Å². The maximum atomic E-state index is 12.7. The molecule has 1 aliphatic rings. The van der Waals surface area contributed by atoms with E-state index in [-0.39, 0.29) is 18.0 Å². The molecule has 1 fully saturated rings. The summed E-state index contributed by atoms with van der Waals surface area (Å²) < 4.78 is 58.6. The second kappa shape index (κ2) is 12.1. The van der Waals surface area contributed by atoms with E-state index in [9.17, 15) is 21.6 Å².